The van der Waals surface area contributed by atoms with Gasteiger partial charge < -0.3 is 0 Å². The van der Waals surface area contributed by atoms with Crippen LogP contribution in [0.1, 0.15) is 1.37 Å². The van der Waals surface area contributed by atoms with Crippen molar-refractivity contribution < 1.29 is 6.11 Å². The third kappa shape index (κ3) is 3.51. The molecular formula is C28H19BiN2O. The molecule has 1 aliphatic heterocycles. The molecule has 32 heavy (non-hydrogen) atoms. The van der Waals surface area contributed by atoms with E-state index in [1.165, 1.54) is 23.2 Å². The fraction of sp³-hybridized carbons (Fsp3) is 0. The van der Waals surface area contributed by atoms with Gasteiger partial charge in [-0.05, 0) is 0 Å². The zero-order chi connectivity index (χ0) is 22.2. The number of fused-ring (bicyclic) bond motifs is 3. The average molecular weight is 609 g/mol. The molecule has 0 fully saturated rings. The van der Waals surface area contributed by atoms with E-state index in [0.29, 0.717) is 11.9 Å². The van der Waals surface area contributed by atoms with Crippen LogP contribution in [0.5, 0.6) is 11.6 Å². The van der Waals surface area contributed by atoms with E-state index in [4.69, 9.17) is 11.1 Å². The van der Waals surface area contributed by atoms with Crippen LogP contribution in [0.15, 0.2) is 115 Å². The van der Waals surface area contributed by atoms with Crippen LogP contribution < -0.4 is 14.7 Å². The number of hydrogen-bond acceptors (Lipinski definition) is 3. The third-order valence-electron chi connectivity index (χ3n) is 5.53. The summed E-state index contributed by atoms with van der Waals surface area (Å²) < 4.78 is 17.9. The molecule has 3 heterocycles. The maximum absolute atomic E-state index is 7.84. The Morgan fingerprint density at radius 3 is 2.41 bits per heavy atom. The quantitative estimate of drug-likeness (QED) is 0.278. The molecule has 0 saturated heterocycles. The molecule has 5 aromatic rings. The fourth-order valence-corrected chi connectivity index (χ4v) is 13.9. The minimum atomic E-state index is -2.53. The summed E-state index contributed by atoms with van der Waals surface area (Å²) in [5.74, 6) is 1.35. The van der Waals surface area contributed by atoms with E-state index in [0.717, 1.165) is 14.7 Å². The second kappa shape index (κ2) is 8.29. The van der Waals surface area contributed by atoms with E-state index in [1.54, 1.807) is 12.4 Å². The molecule has 0 saturated carbocycles. The Balaban J connectivity index is 1.42. The maximum atomic E-state index is 7.84. The van der Waals surface area contributed by atoms with Crippen molar-refractivity contribution >= 4 is 31.7 Å². The summed E-state index contributed by atoms with van der Waals surface area (Å²) in [7, 11) is 0. The van der Waals surface area contributed by atoms with Crippen LogP contribution in [-0.4, -0.2) is 31.7 Å². The number of benzene rings is 3. The Labute approximate surface area is 196 Å². The molecule has 6 rings (SSSR count). The van der Waals surface area contributed by atoms with Gasteiger partial charge >= 0.3 is 197 Å². The predicted octanol–water partition coefficient (Wildman–Crippen LogP) is 4.43. The van der Waals surface area contributed by atoms with Gasteiger partial charge in [0.1, 0.15) is 0 Å². The molecule has 0 aliphatic carbocycles. The van der Waals surface area contributed by atoms with Gasteiger partial charge in [0, 0.05) is 0 Å². The van der Waals surface area contributed by atoms with Gasteiger partial charge in [0.05, 0.1) is 0 Å². The van der Waals surface area contributed by atoms with Crippen LogP contribution in [0.3, 0.4) is 0 Å². The molecular weight excluding hydrogens is 589 g/mol. The van der Waals surface area contributed by atoms with Crippen molar-refractivity contribution in [2.24, 2.45) is 0 Å². The second-order valence-corrected chi connectivity index (χ2v) is 15.6. The van der Waals surface area contributed by atoms with Gasteiger partial charge in [0.2, 0.25) is 0 Å². The summed E-state index contributed by atoms with van der Waals surface area (Å²) in [6.45, 7) is 0. The van der Waals surface area contributed by atoms with Gasteiger partial charge in [-0.25, -0.2) is 0 Å². The molecule has 0 amide bonds. The molecule has 0 unspecified atom stereocenters. The van der Waals surface area contributed by atoms with E-state index in [1.807, 2.05) is 36.4 Å². The Bertz CT molecular complexity index is 1450. The fourth-order valence-electron chi connectivity index (χ4n) is 4.11. The topological polar surface area (TPSA) is 35.0 Å². The first kappa shape index (κ1) is 18.2. The first-order valence-electron chi connectivity index (χ1n) is 10.9. The number of nitrogens with zero attached hydrogens (tertiary/aromatic N) is 2. The SMILES string of the molecule is [2H]c1cc[c]([Bi]2[c]3ccccc3-c3ccc(-c4cccc(Oc5ccccn5)c4)c[c]32)nc1. The number of pyridine rings is 2. The van der Waals surface area contributed by atoms with E-state index in [2.05, 4.69) is 65.6 Å². The van der Waals surface area contributed by atoms with E-state index in [9.17, 15) is 0 Å². The van der Waals surface area contributed by atoms with Gasteiger partial charge in [0.15, 0.2) is 0 Å². The van der Waals surface area contributed by atoms with E-state index < -0.39 is 21.8 Å². The van der Waals surface area contributed by atoms with Crippen molar-refractivity contribution in [3.8, 4) is 33.9 Å². The molecule has 152 valence electrons. The summed E-state index contributed by atoms with van der Waals surface area (Å²) in [5, 5.41) is 0. The first-order chi connectivity index (χ1) is 16.3. The van der Waals surface area contributed by atoms with Gasteiger partial charge in [-0.2, -0.15) is 0 Å². The van der Waals surface area contributed by atoms with Crippen LogP contribution in [0.2, 0.25) is 0 Å². The van der Waals surface area contributed by atoms with Gasteiger partial charge in [-0.1, -0.05) is 0 Å². The molecule has 0 radical (unpaired) electrons. The molecule has 0 spiro atoms. The van der Waals surface area contributed by atoms with Crippen molar-refractivity contribution in [1.29, 1.82) is 0 Å². The van der Waals surface area contributed by atoms with Crippen molar-refractivity contribution in [1.82, 2.24) is 9.97 Å². The van der Waals surface area contributed by atoms with Gasteiger partial charge in [0.25, 0.3) is 0 Å². The van der Waals surface area contributed by atoms with Crippen LogP contribution in [-0.2, 0) is 0 Å². The molecule has 0 bridgehead atoms. The summed E-state index contributed by atoms with van der Waals surface area (Å²) in [6.07, 6.45) is 3.40. The molecule has 3 nitrogen and oxygen atoms in total. The summed E-state index contributed by atoms with van der Waals surface area (Å²) in [6, 6.07) is 33.7. The number of ether oxygens (including phenoxy) is 1. The molecule has 3 aromatic carbocycles. The third-order valence-corrected chi connectivity index (χ3v) is 15.0. The molecule has 1 aliphatic rings. The molecule has 0 N–H and O–H groups in total. The van der Waals surface area contributed by atoms with Crippen LogP contribution in [0.25, 0.3) is 22.3 Å². The Morgan fingerprint density at radius 1 is 0.656 bits per heavy atom. The summed E-state index contributed by atoms with van der Waals surface area (Å²) >= 11 is -2.53. The Kier molecular flexibility index (Phi) is 4.73. The summed E-state index contributed by atoms with van der Waals surface area (Å²) in [4.78, 5) is 8.96. The van der Waals surface area contributed by atoms with Gasteiger partial charge in [-0.15, -0.1) is 0 Å². The average Bonchev–Trinajstić information content (AvgIpc) is 3.19. The van der Waals surface area contributed by atoms with E-state index in [-0.39, 0.29) is 0 Å². The van der Waals surface area contributed by atoms with Crippen LogP contribution in [0, 0.1) is 0 Å². The Hall–Kier alpha value is -3.36. The van der Waals surface area contributed by atoms with Crippen molar-refractivity contribution in [3.63, 3.8) is 0 Å². The van der Waals surface area contributed by atoms with E-state index >= 15 is 0 Å². The molecule has 2 aromatic heterocycles. The zero-order valence-corrected chi connectivity index (χ0v) is 20.6. The Morgan fingerprint density at radius 2 is 1.53 bits per heavy atom. The number of hydrogen-bond donors (Lipinski definition) is 0. The van der Waals surface area contributed by atoms with Crippen molar-refractivity contribution in [3.05, 3.63) is 115 Å². The standard InChI is InChI=1S/C23H15NO.C5H4N.Bi/c1-2-7-18(8-3-1)19-12-14-20(15-13-19)21-9-6-10-22(17-21)25-23-11-4-5-16-24-23;1-2-4-6-5-3-1;/h1-7,9-12,14-17H;1-4H;/i;2D;. The number of aromatic nitrogens is 2. The molecule has 4 heteroatoms. The summed E-state index contributed by atoms with van der Waals surface area (Å²) in [5.41, 5.74) is 4.94. The second-order valence-electron chi connectivity index (χ2n) is 7.50. The van der Waals surface area contributed by atoms with Crippen molar-refractivity contribution in [2.75, 3.05) is 0 Å². The minimum absolute atomic E-state index is 0.453. The predicted molar refractivity (Wildman–Crippen MR) is 131 cm³/mol. The zero-order valence-electron chi connectivity index (χ0n) is 18.1. The molecule has 0 atom stereocenters. The van der Waals surface area contributed by atoms with Crippen LogP contribution >= 0.6 is 0 Å². The normalized spacial score (nSPS) is 12.7. The number of rotatable bonds is 4. The first-order valence-corrected chi connectivity index (χ1v) is 15.6. The monoisotopic (exact) mass is 609 g/mol. The van der Waals surface area contributed by atoms with Crippen molar-refractivity contribution in [2.45, 2.75) is 0 Å². The van der Waals surface area contributed by atoms with Crippen LogP contribution in [0.4, 0.5) is 0 Å². The van der Waals surface area contributed by atoms with Gasteiger partial charge in [-0.3, -0.25) is 0 Å².